The second kappa shape index (κ2) is 11.4. The number of ether oxygens (including phenoxy) is 1. The van der Waals surface area contributed by atoms with Gasteiger partial charge in [-0.2, -0.15) is 0 Å². The normalized spacial score (nSPS) is 32.6. The first-order valence-corrected chi connectivity index (χ1v) is 13.1. The quantitative estimate of drug-likeness (QED) is 0.280. The van der Waals surface area contributed by atoms with Gasteiger partial charge in [-0.3, -0.25) is 0 Å². The molecule has 0 amide bonds. The molecular formula is C29H38F4O. The summed E-state index contributed by atoms with van der Waals surface area (Å²) in [5.74, 6) is -2.01. The van der Waals surface area contributed by atoms with Crippen LogP contribution < -0.4 is 0 Å². The molecule has 0 bridgehead atoms. The summed E-state index contributed by atoms with van der Waals surface area (Å²) < 4.78 is 63.5. The minimum Gasteiger partial charge on any atom is -0.374 e. The molecule has 0 aliphatic heterocycles. The lowest BCUT2D eigenvalue weighted by Gasteiger charge is -2.32. The topological polar surface area (TPSA) is 9.23 Å². The standard InChI is InChI=1S/C29H38F4O/c1-3-18-4-9-20(10-5-18)23-15-16-24(28(32)27(23)31)21-11-6-19(7-12-21)8-13-22-14-17-25(34-2)29(33)26(22)30/h3,15-16,18-22,25H,1,4-14,17H2,2H3. The Morgan fingerprint density at radius 1 is 0.765 bits per heavy atom. The zero-order chi connectivity index (χ0) is 24.2. The Morgan fingerprint density at radius 2 is 1.32 bits per heavy atom. The maximum absolute atomic E-state index is 15.1. The van der Waals surface area contributed by atoms with Gasteiger partial charge in [0.1, 0.15) is 11.9 Å². The molecule has 0 N–H and O–H groups in total. The van der Waals surface area contributed by atoms with E-state index >= 15 is 8.78 Å². The number of allylic oxidation sites excluding steroid dienone is 2. The van der Waals surface area contributed by atoms with E-state index in [0.29, 0.717) is 42.2 Å². The second-order valence-electron chi connectivity index (χ2n) is 10.7. The smallest absolute Gasteiger partial charge is 0.162 e. The van der Waals surface area contributed by atoms with Crippen LogP contribution in [0.4, 0.5) is 17.6 Å². The van der Waals surface area contributed by atoms with Crippen LogP contribution in [0, 0.1) is 29.4 Å². The van der Waals surface area contributed by atoms with Crippen LogP contribution in [-0.4, -0.2) is 13.2 Å². The Morgan fingerprint density at radius 3 is 1.85 bits per heavy atom. The lowest BCUT2D eigenvalue weighted by molar-refractivity contribution is 0.0801. The molecule has 0 spiro atoms. The van der Waals surface area contributed by atoms with Crippen LogP contribution in [-0.2, 0) is 4.74 Å². The number of rotatable bonds is 7. The van der Waals surface area contributed by atoms with Gasteiger partial charge in [0.25, 0.3) is 0 Å². The fourth-order valence-electron chi connectivity index (χ4n) is 6.52. The highest BCUT2D eigenvalue weighted by Crippen LogP contribution is 2.43. The molecule has 2 fully saturated rings. The first-order chi connectivity index (χ1) is 16.4. The summed E-state index contributed by atoms with van der Waals surface area (Å²) in [4.78, 5) is 0. The van der Waals surface area contributed by atoms with E-state index in [2.05, 4.69) is 6.58 Å². The van der Waals surface area contributed by atoms with Gasteiger partial charge < -0.3 is 4.74 Å². The maximum Gasteiger partial charge on any atom is 0.162 e. The third-order valence-corrected chi connectivity index (χ3v) is 8.83. The van der Waals surface area contributed by atoms with E-state index < -0.39 is 29.4 Å². The largest absolute Gasteiger partial charge is 0.374 e. The summed E-state index contributed by atoms with van der Waals surface area (Å²) in [6.07, 6.45) is 11.0. The van der Waals surface area contributed by atoms with Gasteiger partial charge in [0.15, 0.2) is 17.5 Å². The molecule has 5 heteroatoms. The average molecular weight is 479 g/mol. The molecule has 0 saturated heterocycles. The average Bonchev–Trinajstić information content (AvgIpc) is 2.87. The van der Waals surface area contributed by atoms with E-state index in [-0.39, 0.29) is 17.8 Å². The molecule has 1 aromatic rings. The van der Waals surface area contributed by atoms with E-state index in [1.807, 2.05) is 18.2 Å². The predicted octanol–water partition coefficient (Wildman–Crippen LogP) is 9.05. The summed E-state index contributed by atoms with van der Waals surface area (Å²) in [5.41, 5.74) is 1.04. The van der Waals surface area contributed by atoms with Crippen LogP contribution in [0.5, 0.6) is 0 Å². The Bertz CT molecular complexity index is 878. The molecule has 4 rings (SSSR count). The Kier molecular flexibility index (Phi) is 8.55. The van der Waals surface area contributed by atoms with Crippen LogP contribution in [0.25, 0.3) is 0 Å². The van der Waals surface area contributed by atoms with Crippen LogP contribution >= 0.6 is 0 Å². The number of methoxy groups -OCH3 is 1. The molecule has 0 aromatic heterocycles. The predicted molar refractivity (Wildman–Crippen MR) is 128 cm³/mol. The monoisotopic (exact) mass is 478 g/mol. The highest BCUT2D eigenvalue weighted by atomic mass is 19.2. The number of benzene rings is 1. The minimum absolute atomic E-state index is 0.0301. The number of halogens is 4. The van der Waals surface area contributed by atoms with Gasteiger partial charge in [0.2, 0.25) is 0 Å². The molecule has 34 heavy (non-hydrogen) atoms. The molecule has 1 nitrogen and oxygen atoms in total. The van der Waals surface area contributed by atoms with Crippen molar-refractivity contribution in [3.63, 3.8) is 0 Å². The van der Waals surface area contributed by atoms with E-state index in [1.54, 1.807) is 0 Å². The molecule has 3 aliphatic carbocycles. The lowest BCUT2D eigenvalue weighted by atomic mass is 9.74. The maximum atomic E-state index is 15.1. The summed E-state index contributed by atoms with van der Waals surface area (Å²) in [6.45, 7) is 3.86. The van der Waals surface area contributed by atoms with Crippen LogP contribution in [0.3, 0.4) is 0 Å². The van der Waals surface area contributed by atoms with Crippen molar-refractivity contribution in [1.29, 1.82) is 0 Å². The van der Waals surface area contributed by atoms with Crippen molar-refractivity contribution in [2.75, 3.05) is 7.11 Å². The summed E-state index contributed by atoms with van der Waals surface area (Å²) in [6, 6.07) is 3.63. The molecule has 188 valence electrons. The van der Waals surface area contributed by atoms with Gasteiger partial charge in [-0.05, 0) is 112 Å². The fourth-order valence-corrected chi connectivity index (χ4v) is 6.52. The summed E-state index contributed by atoms with van der Waals surface area (Å²) >= 11 is 0. The zero-order valence-corrected chi connectivity index (χ0v) is 20.3. The van der Waals surface area contributed by atoms with Crippen molar-refractivity contribution in [3.8, 4) is 0 Å². The first-order valence-electron chi connectivity index (χ1n) is 13.1. The van der Waals surface area contributed by atoms with Gasteiger partial charge in [-0.25, -0.2) is 17.6 Å². The van der Waals surface area contributed by atoms with Gasteiger partial charge in [-0.15, -0.1) is 6.58 Å². The van der Waals surface area contributed by atoms with Crippen LogP contribution in [0.1, 0.15) is 100 Å². The number of hydrogen-bond donors (Lipinski definition) is 0. The third kappa shape index (κ3) is 5.45. The molecule has 3 aliphatic rings. The third-order valence-electron chi connectivity index (χ3n) is 8.83. The Hall–Kier alpha value is -1.62. The Balaban J connectivity index is 1.31. The van der Waals surface area contributed by atoms with Gasteiger partial charge in [0.05, 0.1) is 0 Å². The second-order valence-corrected chi connectivity index (χ2v) is 10.7. The van der Waals surface area contributed by atoms with Crippen molar-refractivity contribution >= 4 is 0 Å². The van der Waals surface area contributed by atoms with E-state index in [0.717, 1.165) is 57.8 Å². The number of hydrogen-bond acceptors (Lipinski definition) is 1. The fraction of sp³-hybridized carbons (Fsp3) is 0.655. The van der Waals surface area contributed by atoms with E-state index in [4.69, 9.17) is 4.74 Å². The van der Waals surface area contributed by atoms with Crippen molar-refractivity contribution in [2.45, 2.75) is 95.0 Å². The molecule has 2 unspecified atom stereocenters. The van der Waals surface area contributed by atoms with Gasteiger partial charge in [-0.1, -0.05) is 18.2 Å². The molecule has 1 aromatic carbocycles. The summed E-state index contributed by atoms with van der Waals surface area (Å²) in [5, 5.41) is 0. The van der Waals surface area contributed by atoms with Crippen LogP contribution in [0.15, 0.2) is 36.4 Å². The molecule has 2 atom stereocenters. The SMILES string of the molecule is C=CC1CCC(c2ccc(C3CCC(CCC4CCC(OC)C(F)=C4F)CC3)c(F)c2F)CC1. The van der Waals surface area contributed by atoms with Crippen LogP contribution in [0.2, 0.25) is 0 Å². The molecule has 0 radical (unpaired) electrons. The van der Waals surface area contributed by atoms with E-state index in [1.165, 1.54) is 7.11 Å². The Labute approximate surface area is 201 Å². The van der Waals surface area contributed by atoms with Crippen molar-refractivity contribution in [3.05, 3.63) is 59.2 Å². The highest BCUT2D eigenvalue weighted by Gasteiger charge is 2.33. The van der Waals surface area contributed by atoms with Crippen molar-refractivity contribution < 1.29 is 22.3 Å². The van der Waals surface area contributed by atoms with Gasteiger partial charge in [0, 0.05) is 13.0 Å². The minimum atomic E-state index is -0.740. The molecule has 0 heterocycles. The summed E-state index contributed by atoms with van der Waals surface area (Å²) in [7, 11) is 1.41. The lowest BCUT2D eigenvalue weighted by Crippen LogP contribution is -2.23. The van der Waals surface area contributed by atoms with Crippen molar-refractivity contribution in [1.82, 2.24) is 0 Å². The zero-order valence-electron chi connectivity index (χ0n) is 20.3. The van der Waals surface area contributed by atoms with Crippen molar-refractivity contribution in [2.24, 2.45) is 17.8 Å². The van der Waals surface area contributed by atoms with Gasteiger partial charge >= 0.3 is 0 Å². The van der Waals surface area contributed by atoms with E-state index in [9.17, 15) is 8.78 Å². The molecule has 2 saturated carbocycles. The molecular weight excluding hydrogens is 440 g/mol. The highest BCUT2D eigenvalue weighted by molar-refractivity contribution is 5.32. The first kappa shape index (κ1) is 25.5.